The molecule has 0 aromatic carbocycles. The molecular weight excluding hydrogens is 492 g/mol. The van der Waals surface area contributed by atoms with E-state index in [9.17, 15) is 28.8 Å². The molecule has 0 aliphatic carbocycles. The molecule has 12 nitrogen and oxygen atoms in total. The highest BCUT2D eigenvalue weighted by Crippen LogP contribution is 2.03. The number of rotatable bonds is 14. The van der Waals surface area contributed by atoms with Crippen LogP contribution in [-0.4, -0.2) is 92.2 Å². The topological polar surface area (TPSA) is 169 Å². The Morgan fingerprint density at radius 2 is 1.11 bits per heavy atom. The highest BCUT2D eigenvalue weighted by Gasteiger charge is 2.23. The Kier molecular flexibility index (Phi) is 33.8. The second kappa shape index (κ2) is 26.4. The summed E-state index contributed by atoms with van der Waals surface area (Å²) in [6.45, 7) is 7.11. The molecule has 37 heavy (non-hydrogen) atoms. The van der Waals surface area contributed by atoms with Crippen LogP contribution in [0.5, 0.6) is 0 Å². The van der Waals surface area contributed by atoms with Crippen LogP contribution in [0.25, 0.3) is 0 Å². The normalized spacial score (nSPS) is 12.3. The lowest BCUT2D eigenvalue weighted by Crippen LogP contribution is -2.31. The van der Waals surface area contributed by atoms with Crippen LogP contribution in [0.4, 0.5) is 0 Å². The summed E-state index contributed by atoms with van der Waals surface area (Å²) < 4.78 is 23.5. The van der Waals surface area contributed by atoms with E-state index in [2.05, 4.69) is 14.2 Å². The van der Waals surface area contributed by atoms with E-state index < -0.39 is 60.3 Å². The van der Waals surface area contributed by atoms with Crippen molar-refractivity contribution in [1.82, 2.24) is 0 Å². The van der Waals surface area contributed by atoms with Crippen molar-refractivity contribution in [1.29, 1.82) is 0 Å². The van der Waals surface area contributed by atoms with Gasteiger partial charge in [0.2, 0.25) is 0 Å². The quantitative estimate of drug-likeness (QED) is 0.147. The van der Waals surface area contributed by atoms with Crippen molar-refractivity contribution < 1.29 is 57.6 Å². The van der Waals surface area contributed by atoms with Gasteiger partial charge in [-0.15, -0.1) is 0 Å². The molecule has 0 saturated carbocycles. The van der Waals surface area contributed by atoms with Gasteiger partial charge in [0.15, 0.2) is 29.9 Å². The Hall–Kier alpha value is -2.70. The first-order chi connectivity index (χ1) is 15.3. The van der Waals surface area contributed by atoms with Crippen molar-refractivity contribution in [3.63, 3.8) is 0 Å². The fraction of sp³-hybridized carbons (Fsp3) is 0.760. The fourth-order valence-corrected chi connectivity index (χ4v) is 1.74. The Morgan fingerprint density at radius 3 is 1.49 bits per heavy atom. The van der Waals surface area contributed by atoms with Crippen molar-refractivity contribution in [3.8, 4) is 0 Å². The summed E-state index contributed by atoms with van der Waals surface area (Å²) in [6, 6.07) is 0. The predicted octanol–water partition coefficient (Wildman–Crippen LogP) is 2.49. The van der Waals surface area contributed by atoms with Crippen LogP contribution in [0.15, 0.2) is 0 Å². The van der Waals surface area contributed by atoms with Gasteiger partial charge in [-0.25, -0.2) is 9.59 Å². The SMILES string of the molecule is C.C.C.C.COC(C)C(=O)OC(C)C(=O)CC(C)=O.COCCOC(=O)CC(=O)C(C)OC(=O)C(C)O. The van der Waals surface area contributed by atoms with Gasteiger partial charge >= 0.3 is 17.9 Å². The van der Waals surface area contributed by atoms with Gasteiger partial charge in [0, 0.05) is 14.2 Å². The molecule has 1 N–H and O–H groups in total. The van der Waals surface area contributed by atoms with Crippen LogP contribution >= 0.6 is 0 Å². The molecule has 0 saturated heterocycles. The lowest BCUT2D eigenvalue weighted by atomic mass is 10.1. The molecule has 0 rings (SSSR count). The summed E-state index contributed by atoms with van der Waals surface area (Å²) >= 11 is 0. The van der Waals surface area contributed by atoms with Crippen molar-refractivity contribution in [2.75, 3.05) is 27.4 Å². The first-order valence-electron chi connectivity index (χ1n) is 10.1. The number of carbonyl (C=O) groups is 6. The first-order valence-corrected chi connectivity index (χ1v) is 10.1. The summed E-state index contributed by atoms with van der Waals surface area (Å²) in [6.07, 6.45) is -4.72. The zero-order valence-electron chi connectivity index (χ0n) is 20.1. The van der Waals surface area contributed by atoms with Crippen LogP contribution in [0, 0.1) is 0 Å². The molecule has 0 amide bonds. The van der Waals surface area contributed by atoms with E-state index in [0.717, 1.165) is 0 Å². The van der Waals surface area contributed by atoms with E-state index in [0.29, 0.717) is 0 Å². The van der Waals surface area contributed by atoms with Gasteiger partial charge < -0.3 is 28.8 Å². The predicted molar refractivity (Wildman–Crippen MR) is 139 cm³/mol. The Bertz CT molecular complexity index is 673. The minimum Gasteiger partial charge on any atom is -0.463 e. The van der Waals surface area contributed by atoms with E-state index in [1.54, 1.807) is 0 Å². The number of aliphatic hydroxyl groups is 1. The second-order valence-corrected chi connectivity index (χ2v) is 6.91. The number of hydrogen-bond donors (Lipinski definition) is 1. The number of esters is 3. The van der Waals surface area contributed by atoms with Gasteiger partial charge in [-0.3, -0.25) is 19.2 Å². The summed E-state index contributed by atoms with van der Waals surface area (Å²) in [4.78, 5) is 66.7. The van der Waals surface area contributed by atoms with E-state index >= 15 is 0 Å². The van der Waals surface area contributed by atoms with Crippen LogP contribution in [0.1, 0.15) is 77.2 Å². The number of aliphatic hydroxyl groups excluding tert-OH is 1. The Labute approximate surface area is 222 Å². The zero-order chi connectivity index (χ0) is 26.1. The van der Waals surface area contributed by atoms with Gasteiger partial charge in [-0.1, -0.05) is 29.7 Å². The lowest BCUT2D eigenvalue weighted by Gasteiger charge is -2.14. The molecule has 0 aliphatic rings. The third kappa shape index (κ3) is 24.8. The van der Waals surface area contributed by atoms with Gasteiger partial charge in [0.25, 0.3) is 0 Å². The van der Waals surface area contributed by atoms with Gasteiger partial charge in [-0.2, -0.15) is 0 Å². The van der Waals surface area contributed by atoms with Gasteiger partial charge in [0.05, 0.1) is 13.0 Å². The monoisotopic (exact) mass is 542 g/mol. The molecular formula is C25H50O12. The van der Waals surface area contributed by atoms with E-state index in [1.807, 2.05) is 0 Å². The molecule has 0 aromatic heterocycles. The molecule has 0 radical (unpaired) electrons. The van der Waals surface area contributed by atoms with Crippen LogP contribution in [-0.2, 0) is 52.5 Å². The Balaban J connectivity index is -0.000000119. The number of Topliss-reactive ketones (excluding diaryl/α,β-unsaturated/α-hetero) is 3. The smallest absolute Gasteiger partial charge is 0.335 e. The molecule has 0 spiro atoms. The molecule has 12 heteroatoms. The zero-order valence-corrected chi connectivity index (χ0v) is 20.1. The number of methoxy groups -OCH3 is 2. The number of carbonyl (C=O) groups excluding carboxylic acids is 6. The summed E-state index contributed by atoms with van der Waals surface area (Å²) in [5.74, 6) is -3.48. The number of hydrogen-bond acceptors (Lipinski definition) is 12. The number of ketones is 3. The highest BCUT2D eigenvalue weighted by atomic mass is 16.6. The molecule has 0 fully saturated rings. The minimum atomic E-state index is -1.31. The van der Waals surface area contributed by atoms with Crippen molar-refractivity contribution in [2.24, 2.45) is 0 Å². The van der Waals surface area contributed by atoms with E-state index in [4.69, 9.17) is 14.6 Å². The average Bonchev–Trinajstić information content (AvgIpc) is 2.72. The standard InChI is InChI=1S/C11H18O7.C10H16O5.4CH4/c1-7(12)11(15)18-8(2)9(13)6-10(14)17-5-4-16-3;1-6(11)5-9(12)7(2)15-10(13)8(3)14-4;;;;/h7-8,12H,4-6H2,1-3H3;7-8H,5H2,1-4H3;4*1H4. The van der Waals surface area contributed by atoms with E-state index in [1.165, 1.54) is 48.8 Å². The highest BCUT2D eigenvalue weighted by molar-refractivity contribution is 6.00. The van der Waals surface area contributed by atoms with Crippen molar-refractivity contribution in [2.45, 2.75) is 102 Å². The summed E-state index contributed by atoms with van der Waals surface area (Å²) in [5, 5.41) is 8.89. The third-order valence-corrected chi connectivity index (χ3v) is 3.81. The summed E-state index contributed by atoms with van der Waals surface area (Å²) in [7, 11) is 2.82. The third-order valence-electron chi connectivity index (χ3n) is 3.81. The second-order valence-electron chi connectivity index (χ2n) is 6.91. The number of ether oxygens (including phenoxy) is 5. The lowest BCUT2D eigenvalue weighted by molar-refractivity contribution is -0.163. The molecule has 4 unspecified atom stereocenters. The summed E-state index contributed by atoms with van der Waals surface area (Å²) in [5.41, 5.74) is 0. The minimum absolute atomic E-state index is 0. The molecule has 222 valence electrons. The average molecular weight is 543 g/mol. The first kappa shape index (κ1) is 47.5. The molecule has 4 atom stereocenters. The maximum Gasteiger partial charge on any atom is 0.335 e. The van der Waals surface area contributed by atoms with Gasteiger partial charge in [0.1, 0.15) is 24.9 Å². The van der Waals surface area contributed by atoms with Gasteiger partial charge in [-0.05, 0) is 34.6 Å². The van der Waals surface area contributed by atoms with Crippen molar-refractivity contribution >= 4 is 35.3 Å². The maximum atomic E-state index is 11.5. The van der Waals surface area contributed by atoms with Crippen LogP contribution < -0.4 is 0 Å². The Morgan fingerprint density at radius 1 is 0.676 bits per heavy atom. The fourth-order valence-electron chi connectivity index (χ4n) is 1.74. The molecule has 0 aliphatic heterocycles. The van der Waals surface area contributed by atoms with E-state index in [-0.39, 0.29) is 55.1 Å². The largest absolute Gasteiger partial charge is 0.463 e. The molecule has 0 bridgehead atoms. The van der Waals surface area contributed by atoms with Crippen molar-refractivity contribution in [3.05, 3.63) is 0 Å². The van der Waals surface area contributed by atoms with Crippen LogP contribution in [0.3, 0.4) is 0 Å². The molecule has 0 aromatic rings. The van der Waals surface area contributed by atoms with Crippen LogP contribution in [0.2, 0.25) is 0 Å². The maximum absolute atomic E-state index is 11.5. The molecule has 0 heterocycles.